The number of hydrogen-bond acceptors (Lipinski definition) is 7. The number of aliphatic hydroxyl groups excluding tert-OH is 1. The number of nitrogens with one attached hydrogen (secondary N) is 1. The first-order chi connectivity index (χ1) is 12.7. The molecule has 2 N–H and O–H groups in total. The molecule has 4 rings (SSSR count). The zero-order valence-electron chi connectivity index (χ0n) is 15.8. The van der Waals surface area contributed by atoms with E-state index in [9.17, 15) is 5.11 Å². The van der Waals surface area contributed by atoms with E-state index in [0.29, 0.717) is 18.7 Å². The first kappa shape index (κ1) is 17.9. The predicted octanol–water partition coefficient (Wildman–Crippen LogP) is 0.946. The van der Waals surface area contributed by atoms with E-state index in [0.717, 1.165) is 69.9 Å². The van der Waals surface area contributed by atoms with Crippen molar-refractivity contribution < 1.29 is 9.84 Å². The summed E-state index contributed by atoms with van der Waals surface area (Å²) in [5.41, 5.74) is 2.33. The predicted molar refractivity (Wildman–Crippen MR) is 101 cm³/mol. The van der Waals surface area contributed by atoms with E-state index in [1.54, 1.807) is 0 Å². The van der Waals surface area contributed by atoms with Gasteiger partial charge >= 0.3 is 6.01 Å². The van der Waals surface area contributed by atoms with Gasteiger partial charge in [-0.15, -0.1) is 0 Å². The van der Waals surface area contributed by atoms with Gasteiger partial charge in [0.05, 0.1) is 11.8 Å². The van der Waals surface area contributed by atoms with Gasteiger partial charge in [-0.1, -0.05) is 0 Å². The van der Waals surface area contributed by atoms with Crippen LogP contribution in [0.25, 0.3) is 0 Å². The summed E-state index contributed by atoms with van der Waals surface area (Å²) in [6, 6.07) is 0.970. The zero-order valence-corrected chi connectivity index (χ0v) is 15.8. The minimum absolute atomic E-state index is 0.187. The quantitative estimate of drug-likeness (QED) is 0.827. The Morgan fingerprint density at radius 1 is 1.15 bits per heavy atom. The Morgan fingerprint density at radius 2 is 2.04 bits per heavy atom. The molecule has 1 aromatic rings. The minimum atomic E-state index is -0.187. The van der Waals surface area contributed by atoms with Crippen molar-refractivity contribution in [3.63, 3.8) is 0 Å². The molecule has 2 fully saturated rings. The molecule has 2 atom stereocenters. The molecular formula is C19H31N5O2. The third-order valence-corrected chi connectivity index (χ3v) is 5.97. The molecule has 0 bridgehead atoms. The molecular weight excluding hydrogens is 330 g/mol. The van der Waals surface area contributed by atoms with Crippen LogP contribution in [-0.4, -0.2) is 72.0 Å². The number of likely N-dealkylation sites (N-methyl/N-ethyl adjacent to an activating group) is 1. The van der Waals surface area contributed by atoms with Crippen LogP contribution in [0, 0.1) is 0 Å². The van der Waals surface area contributed by atoms with Crippen LogP contribution in [0.1, 0.15) is 43.4 Å². The van der Waals surface area contributed by atoms with E-state index in [1.807, 2.05) is 0 Å². The summed E-state index contributed by atoms with van der Waals surface area (Å²) < 4.78 is 6.04. The SMILES string of the molecule is CN1CCC[C@H]1COc1nc2c(c(N3CCCC(O)CC3)n1)CCNC2. The van der Waals surface area contributed by atoms with Crippen LogP contribution in [0.3, 0.4) is 0 Å². The third-order valence-electron chi connectivity index (χ3n) is 5.97. The first-order valence-electron chi connectivity index (χ1n) is 10.1. The number of aromatic nitrogens is 2. The molecule has 7 heteroatoms. The second kappa shape index (κ2) is 8.06. The van der Waals surface area contributed by atoms with E-state index < -0.39 is 0 Å². The van der Waals surface area contributed by atoms with Crippen LogP contribution in [-0.2, 0) is 13.0 Å². The van der Waals surface area contributed by atoms with E-state index in [4.69, 9.17) is 14.7 Å². The summed E-state index contributed by atoms with van der Waals surface area (Å²) in [4.78, 5) is 14.2. The second-order valence-corrected chi connectivity index (χ2v) is 7.84. The third kappa shape index (κ3) is 3.94. The van der Waals surface area contributed by atoms with E-state index in [1.165, 1.54) is 18.4 Å². The van der Waals surface area contributed by atoms with Crippen molar-refractivity contribution in [2.24, 2.45) is 0 Å². The summed E-state index contributed by atoms with van der Waals surface area (Å²) in [5, 5.41) is 13.4. The zero-order chi connectivity index (χ0) is 17.9. The largest absolute Gasteiger partial charge is 0.462 e. The molecule has 0 radical (unpaired) electrons. The molecule has 144 valence electrons. The molecule has 0 amide bonds. The van der Waals surface area contributed by atoms with E-state index in [2.05, 4.69) is 22.2 Å². The van der Waals surface area contributed by atoms with Gasteiger partial charge in [0.1, 0.15) is 12.4 Å². The fourth-order valence-electron chi connectivity index (χ4n) is 4.29. The molecule has 1 unspecified atom stereocenters. The fraction of sp³-hybridized carbons (Fsp3) is 0.789. The Kier molecular flexibility index (Phi) is 5.57. The van der Waals surface area contributed by atoms with Gasteiger partial charge in [0.15, 0.2) is 0 Å². The number of likely N-dealkylation sites (tertiary alicyclic amines) is 1. The van der Waals surface area contributed by atoms with Gasteiger partial charge in [0, 0.05) is 31.2 Å². The Bertz CT molecular complexity index is 626. The van der Waals surface area contributed by atoms with Crippen LogP contribution in [0.5, 0.6) is 6.01 Å². The van der Waals surface area contributed by atoms with Gasteiger partial charge in [-0.2, -0.15) is 9.97 Å². The van der Waals surface area contributed by atoms with Crippen molar-refractivity contribution in [1.82, 2.24) is 20.2 Å². The van der Waals surface area contributed by atoms with Crippen LogP contribution in [0.2, 0.25) is 0 Å². The number of hydrogen-bond donors (Lipinski definition) is 2. The average Bonchev–Trinajstić information content (AvgIpc) is 2.94. The number of nitrogens with zero attached hydrogens (tertiary/aromatic N) is 4. The molecule has 0 spiro atoms. The number of aliphatic hydroxyl groups is 1. The van der Waals surface area contributed by atoms with Gasteiger partial charge in [-0.25, -0.2) is 0 Å². The molecule has 2 saturated heterocycles. The Labute approximate surface area is 155 Å². The smallest absolute Gasteiger partial charge is 0.318 e. The molecule has 1 aromatic heterocycles. The topological polar surface area (TPSA) is 73.8 Å². The summed E-state index contributed by atoms with van der Waals surface area (Å²) in [5.74, 6) is 1.03. The second-order valence-electron chi connectivity index (χ2n) is 7.84. The van der Waals surface area contributed by atoms with Crippen molar-refractivity contribution in [2.45, 2.75) is 57.2 Å². The summed E-state index contributed by atoms with van der Waals surface area (Å²) in [6.07, 6.45) is 5.87. The van der Waals surface area contributed by atoms with Crippen molar-refractivity contribution in [1.29, 1.82) is 0 Å². The van der Waals surface area contributed by atoms with Crippen LogP contribution >= 0.6 is 0 Å². The molecule has 7 nitrogen and oxygen atoms in total. The number of ether oxygens (including phenoxy) is 1. The highest BCUT2D eigenvalue weighted by molar-refractivity contribution is 5.51. The van der Waals surface area contributed by atoms with Gasteiger partial charge in [-0.3, -0.25) is 0 Å². The maximum atomic E-state index is 9.98. The fourth-order valence-corrected chi connectivity index (χ4v) is 4.29. The van der Waals surface area contributed by atoms with Crippen LogP contribution < -0.4 is 15.0 Å². The van der Waals surface area contributed by atoms with Crippen molar-refractivity contribution >= 4 is 5.82 Å². The van der Waals surface area contributed by atoms with Gasteiger partial charge < -0.3 is 25.0 Å². The van der Waals surface area contributed by atoms with E-state index in [-0.39, 0.29) is 6.10 Å². The van der Waals surface area contributed by atoms with Crippen molar-refractivity contribution in [3.8, 4) is 6.01 Å². The molecule has 0 aliphatic carbocycles. The summed E-state index contributed by atoms with van der Waals surface area (Å²) >= 11 is 0. The average molecular weight is 361 g/mol. The highest BCUT2D eigenvalue weighted by Gasteiger charge is 2.26. The maximum Gasteiger partial charge on any atom is 0.318 e. The lowest BCUT2D eigenvalue weighted by atomic mass is 10.1. The Hall–Kier alpha value is -1.44. The van der Waals surface area contributed by atoms with Crippen molar-refractivity contribution in [3.05, 3.63) is 11.3 Å². The lowest BCUT2D eigenvalue weighted by Gasteiger charge is -2.28. The standard InChI is InChI=1S/C19H31N5O2/c1-23-9-2-4-14(23)13-26-19-21-17-12-20-8-6-16(17)18(22-19)24-10-3-5-15(25)7-11-24/h14-15,20,25H,2-13H2,1H3/t14-,15?/m0/s1. The normalized spacial score (nSPS) is 27.2. The highest BCUT2D eigenvalue weighted by Crippen LogP contribution is 2.28. The number of rotatable bonds is 4. The van der Waals surface area contributed by atoms with Gasteiger partial charge in [0.25, 0.3) is 0 Å². The van der Waals surface area contributed by atoms with Gasteiger partial charge in [-0.05, 0) is 58.7 Å². The first-order valence-corrected chi connectivity index (χ1v) is 10.1. The number of fused-ring (bicyclic) bond motifs is 1. The Morgan fingerprint density at radius 3 is 2.88 bits per heavy atom. The maximum absolute atomic E-state index is 9.98. The number of anilines is 1. The lowest BCUT2D eigenvalue weighted by Crippen LogP contribution is -2.33. The molecule has 3 aliphatic rings. The van der Waals surface area contributed by atoms with Crippen LogP contribution in [0.15, 0.2) is 0 Å². The molecule has 26 heavy (non-hydrogen) atoms. The van der Waals surface area contributed by atoms with Gasteiger partial charge in [0.2, 0.25) is 0 Å². The minimum Gasteiger partial charge on any atom is -0.462 e. The highest BCUT2D eigenvalue weighted by atomic mass is 16.5. The Balaban J connectivity index is 1.55. The lowest BCUT2D eigenvalue weighted by molar-refractivity contribution is 0.161. The summed E-state index contributed by atoms with van der Waals surface area (Å²) in [6.45, 7) is 5.33. The van der Waals surface area contributed by atoms with Crippen molar-refractivity contribution in [2.75, 3.05) is 44.7 Å². The molecule has 0 saturated carbocycles. The van der Waals surface area contributed by atoms with Crippen LogP contribution in [0.4, 0.5) is 5.82 Å². The summed E-state index contributed by atoms with van der Waals surface area (Å²) in [7, 11) is 2.16. The molecule has 3 aliphatic heterocycles. The monoisotopic (exact) mass is 361 g/mol. The van der Waals surface area contributed by atoms with E-state index >= 15 is 0 Å². The molecule has 0 aromatic carbocycles. The molecule has 4 heterocycles.